The van der Waals surface area contributed by atoms with Crippen LogP contribution in [0, 0.1) is 0 Å². The highest BCUT2D eigenvalue weighted by Gasteiger charge is 2.16. The zero-order chi connectivity index (χ0) is 11.9. The standard InChI is InChI=1S/C13H18ClN3/c14-6-2-4-8-16-9-11-17(12-10-16)13-5-1-3-7-15-13/h1-5,7H,6,8-12H2. The number of halogens is 1. The van der Waals surface area contributed by atoms with Crippen LogP contribution in [-0.2, 0) is 0 Å². The van der Waals surface area contributed by atoms with Crippen LogP contribution in [0.15, 0.2) is 36.5 Å². The summed E-state index contributed by atoms with van der Waals surface area (Å²) < 4.78 is 0. The van der Waals surface area contributed by atoms with E-state index < -0.39 is 0 Å². The molecule has 0 radical (unpaired) electrons. The van der Waals surface area contributed by atoms with Gasteiger partial charge in [0.1, 0.15) is 5.82 Å². The predicted octanol–water partition coefficient (Wildman–Crippen LogP) is 2.00. The Morgan fingerprint density at radius 3 is 2.65 bits per heavy atom. The lowest BCUT2D eigenvalue weighted by atomic mass is 10.3. The molecule has 1 fully saturated rings. The molecule has 0 saturated carbocycles. The lowest BCUT2D eigenvalue weighted by molar-refractivity contribution is 0.283. The summed E-state index contributed by atoms with van der Waals surface area (Å²) >= 11 is 5.60. The molecule has 0 bridgehead atoms. The summed E-state index contributed by atoms with van der Waals surface area (Å²) in [4.78, 5) is 9.15. The number of hydrogen-bond acceptors (Lipinski definition) is 3. The van der Waals surface area contributed by atoms with Crippen LogP contribution in [0.3, 0.4) is 0 Å². The SMILES string of the molecule is ClCC=CCN1CCN(c2ccccn2)CC1. The first-order valence-corrected chi connectivity index (χ1v) is 6.53. The van der Waals surface area contributed by atoms with Crippen LogP contribution in [0.4, 0.5) is 5.82 Å². The first-order chi connectivity index (χ1) is 8.40. The van der Waals surface area contributed by atoms with Crippen molar-refractivity contribution in [3.63, 3.8) is 0 Å². The minimum atomic E-state index is 0.605. The molecule has 2 rings (SSSR count). The number of aromatic nitrogens is 1. The molecule has 0 spiro atoms. The van der Waals surface area contributed by atoms with Crippen LogP contribution < -0.4 is 4.90 Å². The van der Waals surface area contributed by atoms with Gasteiger partial charge in [0.15, 0.2) is 0 Å². The van der Waals surface area contributed by atoms with E-state index in [1.165, 1.54) is 0 Å². The summed E-state index contributed by atoms with van der Waals surface area (Å²) in [5, 5.41) is 0. The highest BCUT2D eigenvalue weighted by Crippen LogP contribution is 2.12. The molecular formula is C13H18ClN3. The molecule has 4 heteroatoms. The molecule has 1 aliphatic rings. The van der Waals surface area contributed by atoms with Gasteiger partial charge in [-0.05, 0) is 12.1 Å². The van der Waals surface area contributed by atoms with Crippen molar-refractivity contribution < 1.29 is 0 Å². The average Bonchev–Trinajstić information content (AvgIpc) is 2.41. The zero-order valence-corrected chi connectivity index (χ0v) is 10.7. The molecule has 1 aliphatic heterocycles. The van der Waals surface area contributed by atoms with E-state index in [0.717, 1.165) is 38.5 Å². The summed E-state index contributed by atoms with van der Waals surface area (Å²) in [6, 6.07) is 6.07. The lowest BCUT2D eigenvalue weighted by Crippen LogP contribution is -2.46. The fraction of sp³-hybridized carbons (Fsp3) is 0.462. The molecule has 0 aliphatic carbocycles. The third kappa shape index (κ3) is 3.72. The van der Waals surface area contributed by atoms with Crippen molar-refractivity contribution in [1.82, 2.24) is 9.88 Å². The van der Waals surface area contributed by atoms with Crippen LogP contribution in [0.2, 0.25) is 0 Å². The van der Waals surface area contributed by atoms with Crippen molar-refractivity contribution in [2.45, 2.75) is 0 Å². The van der Waals surface area contributed by atoms with E-state index in [9.17, 15) is 0 Å². The van der Waals surface area contributed by atoms with Crippen LogP contribution in [0.5, 0.6) is 0 Å². The monoisotopic (exact) mass is 251 g/mol. The summed E-state index contributed by atoms with van der Waals surface area (Å²) in [5.74, 6) is 1.69. The third-order valence-corrected chi connectivity index (χ3v) is 3.14. The molecule has 0 unspecified atom stereocenters. The van der Waals surface area contributed by atoms with E-state index in [2.05, 4.69) is 26.9 Å². The maximum absolute atomic E-state index is 5.60. The van der Waals surface area contributed by atoms with Crippen molar-refractivity contribution in [3.8, 4) is 0 Å². The van der Waals surface area contributed by atoms with Gasteiger partial charge in [0.05, 0.1) is 0 Å². The number of hydrogen-bond donors (Lipinski definition) is 0. The molecule has 3 nitrogen and oxygen atoms in total. The summed E-state index contributed by atoms with van der Waals surface area (Å²) in [6.45, 7) is 5.27. The van der Waals surface area contributed by atoms with Crippen LogP contribution in [0.1, 0.15) is 0 Å². The Morgan fingerprint density at radius 2 is 2.00 bits per heavy atom. The highest BCUT2D eigenvalue weighted by molar-refractivity contribution is 6.18. The van der Waals surface area contributed by atoms with E-state index in [1.54, 1.807) is 0 Å². The Balaban J connectivity index is 1.80. The van der Waals surface area contributed by atoms with Gasteiger partial charge in [0.2, 0.25) is 0 Å². The molecule has 2 heterocycles. The molecule has 0 amide bonds. The minimum Gasteiger partial charge on any atom is -0.354 e. The second-order valence-electron chi connectivity index (χ2n) is 4.10. The van der Waals surface area contributed by atoms with Crippen LogP contribution >= 0.6 is 11.6 Å². The quantitative estimate of drug-likeness (QED) is 0.603. The largest absolute Gasteiger partial charge is 0.354 e. The van der Waals surface area contributed by atoms with Crippen molar-refractivity contribution in [1.29, 1.82) is 0 Å². The zero-order valence-electron chi connectivity index (χ0n) is 9.93. The van der Waals surface area contributed by atoms with Crippen molar-refractivity contribution in [2.24, 2.45) is 0 Å². The Kier molecular flexibility index (Phi) is 4.83. The Hall–Kier alpha value is -1.06. The minimum absolute atomic E-state index is 0.605. The Morgan fingerprint density at radius 1 is 1.18 bits per heavy atom. The summed E-state index contributed by atoms with van der Waals surface area (Å²) in [5.41, 5.74) is 0. The molecule has 1 saturated heterocycles. The van der Waals surface area contributed by atoms with E-state index >= 15 is 0 Å². The van der Waals surface area contributed by atoms with Crippen LogP contribution in [-0.4, -0.2) is 48.5 Å². The van der Waals surface area contributed by atoms with Crippen LogP contribution in [0.25, 0.3) is 0 Å². The van der Waals surface area contributed by atoms with Gasteiger partial charge in [-0.25, -0.2) is 4.98 Å². The van der Waals surface area contributed by atoms with Gasteiger partial charge in [0.25, 0.3) is 0 Å². The summed E-state index contributed by atoms with van der Waals surface area (Å²) in [6.07, 6.45) is 6.00. The van der Waals surface area contributed by atoms with E-state index in [1.807, 2.05) is 24.4 Å². The number of nitrogens with zero attached hydrogens (tertiary/aromatic N) is 3. The molecule has 0 atom stereocenters. The molecule has 17 heavy (non-hydrogen) atoms. The van der Waals surface area contributed by atoms with Gasteiger partial charge in [-0.15, -0.1) is 11.6 Å². The van der Waals surface area contributed by atoms with Crippen molar-refractivity contribution in [3.05, 3.63) is 36.5 Å². The fourth-order valence-corrected chi connectivity index (χ4v) is 2.11. The number of anilines is 1. The van der Waals surface area contributed by atoms with E-state index in [-0.39, 0.29) is 0 Å². The number of alkyl halides is 1. The Bertz CT molecular complexity index is 345. The smallest absolute Gasteiger partial charge is 0.128 e. The molecular weight excluding hydrogens is 234 g/mol. The van der Waals surface area contributed by atoms with Crippen molar-refractivity contribution >= 4 is 17.4 Å². The lowest BCUT2D eigenvalue weighted by Gasteiger charge is -2.34. The number of rotatable bonds is 4. The molecule has 92 valence electrons. The summed E-state index contributed by atoms with van der Waals surface area (Å²) in [7, 11) is 0. The third-order valence-electron chi connectivity index (χ3n) is 2.96. The molecule has 1 aromatic rings. The van der Waals surface area contributed by atoms with Gasteiger partial charge in [-0.2, -0.15) is 0 Å². The normalized spacial score (nSPS) is 17.8. The average molecular weight is 252 g/mol. The first-order valence-electron chi connectivity index (χ1n) is 5.99. The topological polar surface area (TPSA) is 19.4 Å². The fourth-order valence-electron chi connectivity index (χ4n) is 1.99. The van der Waals surface area contributed by atoms with E-state index in [4.69, 9.17) is 11.6 Å². The molecule has 0 aromatic carbocycles. The van der Waals surface area contributed by atoms with Gasteiger partial charge < -0.3 is 4.90 Å². The van der Waals surface area contributed by atoms with E-state index in [0.29, 0.717) is 5.88 Å². The molecule has 0 N–H and O–H groups in total. The second-order valence-corrected chi connectivity index (χ2v) is 4.41. The molecule has 1 aromatic heterocycles. The van der Waals surface area contributed by atoms with Gasteiger partial charge in [-0.1, -0.05) is 18.2 Å². The number of piperazine rings is 1. The number of pyridine rings is 1. The van der Waals surface area contributed by atoms with Gasteiger partial charge in [0, 0.05) is 44.8 Å². The van der Waals surface area contributed by atoms with Gasteiger partial charge in [-0.3, -0.25) is 4.90 Å². The van der Waals surface area contributed by atoms with Crippen molar-refractivity contribution in [2.75, 3.05) is 43.5 Å². The maximum Gasteiger partial charge on any atom is 0.128 e. The predicted molar refractivity (Wildman–Crippen MR) is 72.8 cm³/mol. The second kappa shape index (κ2) is 6.62. The number of allylic oxidation sites excluding steroid dienone is 1. The maximum atomic E-state index is 5.60. The highest BCUT2D eigenvalue weighted by atomic mass is 35.5. The van der Waals surface area contributed by atoms with Gasteiger partial charge >= 0.3 is 0 Å². The first kappa shape index (κ1) is 12.4. The Labute approximate surface area is 108 Å².